The summed E-state index contributed by atoms with van der Waals surface area (Å²) in [5, 5.41) is 0. The third kappa shape index (κ3) is 3.73. The topological polar surface area (TPSA) is 36.4 Å². The summed E-state index contributed by atoms with van der Waals surface area (Å²) in [6.07, 6.45) is 4.85. The molecule has 0 bridgehead atoms. The molecule has 1 aliphatic rings. The highest BCUT2D eigenvalue weighted by Crippen LogP contribution is 2.23. The number of aromatic nitrogens is 1. The van der Waals surface area contributed by atoms with Crippen LogP contribution in [0.5, 0.6) is 0 Å². The Bertz CT molecular complexity index is 719. The van der Waals surface area contributed by atoms with Crippen LogP contribution in [0.2, 0.25) is 0 Å². The second kappa shape index (κ2) is 7.71. The molecule has 126 valence electrons. The first-order chi connectivity index (χ1) is 11.7. The van der Waals surface area contributed by atoms with Gasteiger partial charge in [-0.2, -0.15) is 0 Å². The molecule has 0 aliphatic carbocycles. The van der Waals surface area contributed by atoms with Crippen LogP contribution >= 0.6 is 11.8 Å². The smallest absolute Gasteiger partial charge is 0.255 e. The standard InChI is InChI=1S/C19H23N3OS/c1-15-14-16(8-9-20-15)21-10-5-11-22(13-12-21)19(23)17-6-3-4-7-18(17)24-2/h3-4,6-9,14H,5,10-13H2,1-2H3. The lowest BCUT2D eigenvalue weighted by Gasteiger charge is -2.24. The molecule has 0 N–H and O–H groups in total. The van der Waals surface area contributed by atoms with Crippen molar-refractivity contribution in [2.24, 2.45) is 0 Å². The van der Waals surface area contributed by atoms with E-state index in [0.717, 1.165) is 48.8 Å². The maximum Gasteiger partial charge on any atom is 0.255 e. The molecule has 0 atom stereocenters. The Morgan fingerprint density at radius 3 is 2.75 bits per heavy atom. The summed E-state index contributed by atoms with van der Waals surface area (Å²) in [5.41, 5.74) is 3.04. The van der Waals surface area contributed by atoms with E-state index in [0.29, 0.717) is 0 Å². The molecule has 1 aromatic heterocycles. The number of benzene rings is 1. The number of anilines is 1. The van der Waals surface area contributed by atoms with Crippen LogP contribution in [0.25, 0.3) is 0 Å². The number of thioether (sulfide) groups is 1. The van der Waals surface area contributed by atoms with E-state index in [1.54, 1.807) is 11.8 Å². The van der Waals surface area contributed by atoms with Crippen LogP contribution in [0.15, 0.2) is 47.5 Å². The summed E-state index contributed by atoms with van der Waals surface area (Å²) < 4.78 is 0. The van der Waals surface area contributed by atoms with Gasteiger partial charge in [-0.25, -0.2) is 0 Å². The molecule has 1 aromatic carbocycles. The van der Waals surface area contributed by atoms with Gasteiger partial charge in [0, 0.05) is 48.7 Å². The van der Waals surface area contributed by atoms with E-state index in [-0.39, 0.29) is 5.91 Å². The average Bonchev–Trinajstić information content (AvgIpc) is 2.87. The first-order valence-electron chi connectivity index (χ1n) is 8.29. The van der Waals surface area contributed by atoms with Gasteiger partial charge < -0.3 is 9.80 Å². The molecule has 1 amide bonds. The lowest BCUT2D eigenvalue weighted by Crippen LogP contribution is -2.35. The van der Waals surface area contributed by atoms with E-state index in [4.69, 9.17) is 0 Å². The predicted molar refractivity (Wildman–Crippen MR) is 99.9 cm³/mol. The van der Waals surface area contributed by atoms with Gasteiger partial charge in [-0.1, -0.05) is 12.1 Å². The highest BCUT2D eigenvalue weighted by atomic mass is 32.2. The lowest BCUT2D eigenvalue weighted by molar-refractivity contribution is 0.0763. The zero-order chi connectivity index (χ0) is 16.9. The Balaban J connectivity index is 1.72. The minimum absolute atomic E-state index is 0.146. The van der Waals surface area contributed by atoms with Gasteiger partial charge in [0.1, 0.15) is 0 Å². The van der Waals surface area contributed by atoms with Crippen molar-refractivity contribution in [1.29, 1.82) is 0 Å². The average molecular weight is 341 g/mol. The van der Waals surface area contributed by atoms with E-state index in [2.05, 4.69) is 16.0 Å². The van der Waals surface area contributed by atoms with Crippen LogP contribution in [-0.2, 0) is 0 Å². The van der Waals surface area contributed by atoms with Crippen LogP contribution in [0.1, 0.15) is 22.5 Å². The van der Waals surface area contributed by atoms with Gasteiger partial charge >= 0.3 is 0 Å². The van der Waals surface area contributed by atoms with Crippen molar-refractivity contribution in [3.05, 3.63) is 53.9 Å². The number of pyridine rings is 1. The quantitative estimate of drug-likeness (QED) is 0.801. The number of carbonyl (C=O) groups is 1. The molecule has 0 saturated carbocycles. The Kier molecular flexibility index (Phi) is 5.41. The fourth-order valence-electron chi connectivity index (χ4n) is 3.10. The number of rotatable bonds is 3. The van der Waals surface area contributed by atoms with Gasteiger partial charge in [0.05, 0.1) is 5.56 Å². The van der Waals surface area contributed by atoms with Crippen molar-refractivity contribution in [2.45, 2.75) is 18.2 Å². The zero-order valence-corrected chi connectivity index (χ0v) is 15.1. The van der Waals surface area contributed by atoms with Crippen molar-refractivity contribution >= 4 is 23.4 Å². The molecular weight excluding hydrogens is 318 g/mol. The summed E-state index contributed by atoms with van der Waals surface area (Å²) in [6.45, 7) is 5.40. The normalized spacial score (nSPS) is 15.2. The highest BCUT2D eigenvalue weighted by Gasteiger charge is 2.22. The largest absolute Gasteiger partial charge is 0.370 e. The van der Waals surface area contributed by atoms with Crippen molar-refractivity contribution in [2.75, 3.05) is 37.3 Å². The third-order valence-electron chi connectivity index (χ3n) is 4.37. The number of aryl methyl sites for hydroxylation is 1. The van der Waals surface area contributed by atoms with Crippen LogP contribution in [0, 0.1) is 6.92 Å². The van der Waals surface area contributed by atoms with Crippen LogP contribution in [-0.4, -0.2) is 48.2 Å². The van der Waals surface area contributed by atoms with Crippen LogP contribution in [0.3, 0.4) is 0 Å². The van der Waals surface area contributed by atoms with Crippen molar-refractivity contribution in [3.63, 3.8) is 0 Å². The van der Waals surface area contributed by atoms with E-state index in [1.807, 2.05) is 54.6 Å². The van der Waals surface area contributed by atoms with Crippen LogP contribution in [0.4, 0.5) is 5.69 Å². The van der Waals surface area contributed by atoms with Gasteiger partial charge in [0.2, 0.25) is 0 Å². The summed E-state index contributed by atoms with van der Waals surface area (Å²) >= 11 is 1.63. The molecule has 2 aromatic rings. The van der Waals surface area contributed by atoms with Crippen molar-refractivity contribution in [1.82, 2.24) is 9.88 Å². The lowest BCUT2D eigenvalue weighted by atomic mass is 10.2. The SMILES string of the molecule is CSc1ccccc1C(=O)N1CCCN(c2ccnc(C)c2)CC1. The fraction of sp³-hybridized carbons (Fsp3) is 0.368. The van der Waals surface area contributed by atoms with Gasteiger partial charge in [0.15, 0.2) is 0 Å². The first-order valence-corrected chi connectivity index (χ1v) is 9.51. The van der Waals surface area contributed by atoms with E-state index in [1.165, 1.54) is 5.69 Å². The van der Waals surface area contributed by atoms with E-state index in [9.17, 15) is 4.79 Å². The second-order valence-corrected chi connectivity index (χ2v) is 6.84. The maximum atomic E-state index is 12.9. The maximum absolute atomic E-state index is 12.9. The molecular formula is C19H23N3OS. The third-order valence-corrected chi connectivity index (χ3v) is 5.16. The Labute approximate surface area is 147 Å². The number of carbonyl (C=O) groups excluding carboxylic acids is 1. The Morgan fingerprint density at radius 1 is 1.12 bits per heavy atom. The van der Waals surface area contributed by atoms with Gasteiger partial charge in [0.25, 0.3) is 5.91 Å². The molecule has 1 saturated heterocycles. The molecule has 3 rings (SSSR count). The minimum atomic E-state index is 0.146. The monoisotopic (exact) mass is 341 g/mol. The van der Waals surface area contributed by atoms with E-state index >= 15 is 0 Å². The van der Waals surface area contributed by atoms with Gasteiger partial charge in [-0.15, -0.1) is 11.8 Å². The Hall–Kier alpha value is -2.01. The molecule has 0 spiro atoms. The summed E-state index contributed by atoms with van der Waals surface area (Å²) in [4.78, 5) is 22.6. The van der Waals surface area contributed by atoms with Gasteiger partial charge in [-0.05, 0) is 43.9 Å². The predicted octanol–water partition coefficient (Wildman–Crippen LogP) is 3.46. The summed E-state index contributed by atoms with van der Waals surface area (Å²) in [6, 6.07) is 12.0. The molecule has 1 fully saturated rings. The zero-order valence-electron chi connectivity index (χ0n) is 14.2. The molecule has 4 nitrogen and oxygen atoms in total. The molecule has 1 aliphatic heterocycles. The number of nitrogens with zero attached hydrogens (tertiary/aromatic N) is 3. The minimum Gasteiger partial charge on any atom is -0.370 e. The Morgan fingerprint density at radius 2 is 1.96 bits per heavy atom. The van der Waals surface area contributed by atoms with Crippen LogP contribution < -0.4 is 4.90 Å². The van der Waals surface area contributed by atoms with E-state index < -0.39 is 0 Å². The molecule has 2 heterocycles. The molecule has 0 unspecified atom stereocenters. The van der Waals surface area contributed by atoms with Crippen molar-refractivity contribution < 1.29 is 4.79 Å². The molecule has 24 heavy (non-hydrogen) atoms. The summed E-state index contributed by atoms with van der Waals surface area (Å²) in [7, 11) is 0. The number of hydrogen-bond donors (Lipinski definition) is 0. The molecule has 0 radical (unpaired) electrons. The molecule has 5 heteroatoms. The highest BCUT2D eigenvalue weighted by molar-refractivity contribution is 7.98. The number of hydrogen-bond acceptors (Lipinski definition) is 4. The number of amides is 1. The summed E-state index contributed by atoms with van der Waals surface area (Å²) in [5.74, 6) is 0.146. The van der Waals surface area contributed by atoms with Gasteiger partial charge in [-0.3, -0.25) is 9.78 Å². The van der Waals surface area contributed by atoms with Crippen molar-refractivity contribution in [3.8, 4) is 0 Å². The first kappa shape index (κ1) is 16.8. The fourth-order valence-corrected chi connectivity index (χ4v) is 3.69. The second-order valence-electron chi connectivity index (χ2n) is 5.99.